The lowest BCUT2D eigenvalue weighted by atomic mass is 10.2. The SMILES string of the molecule is O=C(O)CN1CC(S(=O)Cc2ccccc2)C1=O. The van der Waals surface area contributed by atoms with Crippen LogP contribution in [0.3, 0.4) is 0 Å². The highest BCUT2D eigenvalue weighted by molar-refractivity contribution is 7.85. The highest BCUT2D eigenvalue weighted by atomic mass is 32.2. The Balaban J connectivity index is 1.89. The maximum Gasteiger partial charge on any atom is 0.323 e. The molecule has 96 valence electrons. The van der Waals surface area contributed by atoms with Crippen LogP contribution in [0.2, 0.25) is 0 Å². The molecule has 0 spiro atoms. The van der Waals surface area contributed by atoms with Crippen LogP contribution >= 0.6 is 0 Å². The van der Waals surface area contributed by atoms with Crippen LogP contribution in [0, 0.1) is 0 Å². The van der Waals surface area contributed by atoms with Crippen molar-refractivity contribution < 1.29 is 18.9 Å². The summed E-state index contributed by atoms with van der Waals surface area (Å²) < 4.78 is 12.0. The fourth-order valence-corrected chi connectivity index (χ4v) is 3.24. The Hall–Kier alpha value is -1.69. The van der Waals surface area contributed by atoms with Gasteiger partial charge >= 0.3 is 5.97 Å². The first-order chi connectivity index (χ1) is 8.58. The molecule has 0 aliphatic carbocycles. The number of nitrogens with zero attached hydrogens (tertiary/aromatic N) is 1. The van der Waals surface area contributed by atoms with E-state index in [0.717, 1.165) is 5.56 Å². The van der Waals surface area contributed by atoms with Crippen molar-refractivity contribution in [2.75, 3.05) is 13.1 Å². The molecule has 1 aliphatic heterocycles. The maximum atomic E-state index is 12.0. The van der Waals surface area contributed by atoms with Gasteiger partial charge in [0, 0.05) is 23.1 Å². The lowest BCUT2D eigenvalue weighted by molar-refractivity contribution is -0.149. The molecule has 1 N–H and O–H groups in total. The number of carbonyl (C=O) groups is 2. The average Bonchev–Trinajstić information content (AvgIpc) is 2.34. The smallest absolute Gasteiger partial charge is 0.323 e. The molecule has 0 bridgehead atoms. The van der Waals surface area contributed by atoms with Crippen molar-refractivity contribution in [1.29, 1.82) is 0 Å². The van der Waals surface area contributed by atoms with Crippen molar-refractivity contribution in [2.45, 2.75) is 11.0 Å². The minimum Gasteiger partial charge on any atom is -0.480 e. The largest absolute Gasteiger partial charge is 0.480 e. The highest BCUT2D eigenvalue weighted by Crippen LogP contribution is 2.18. The van der Waals surface area contributed by atoms with Gasteiger partial charge in [-0.1, -0.05) is 30.3 Å². The van der Waals surface area contributed by atoms with Crippen LogP contribution in [0.5, 0.6) is 0 Å². The van der Waals surface area contributed by atoms with E-state index >= 15 is 0 Å². The van der Waals surface area contributed by atoms with Crippen LogP contribution < -0.4 is 0 Å². The standard InChI is InChI=1S/C12H13NO4S/c14-11(15)7-13-6-10(12(13)16)18(17)8-9-4-2-1-3-5-9/h1-5,10H,6-8H2,(H,14,15). The van der Waals surface area contributed by atoms with Gasteiger partial charge in [0.1, 0.15) is 11.8 Å². The van der Waals surface area contributed by atoms with E-state index in [9.17, 15) is 13.8 Å². The average molecular weight is 267 g/mol. The normalized spacial score (nSPS) is 20.3. The van der Waals surface area contributed by atoms with Gasteiger partial charge in [-0.2, -0.15) is 0 Å². The Bertz CT molecular complexity index is 488. The number of rotatable bonds is 5. The van der Waals surface area contributed by atoms with Crippen LogP contribution in [-0.2, 0) is 26.1 Å². The molecule has 5 nitrogen and oxygen atoms in total. The van der Waals surface area contributed by atoms with Gasteiger partial charge in [0.25, 0.3) is 0 Å². The van der Waals surface area contributed by atoms with Gasteiger partial charge in [-0.05, 0) is 5.56 Å². The van der Waals surface area contributed by atoms with E-state index < -0.39 is 22.0 Å². The Morgan fingerprint density at radius 1 is 1.39 bits per heavy atom. The second-order valence-corrected chi connectivity index (χ2v) is 5.73. The summed E-state index contributed by atoms with van der Waals surface area (Å²) >= 11 is 0. The second kappa shape index (κ2) is 5.30. The third kappa shape index (κ3) is 2.76. The lowest BCUT2D eigenvalue weighted by Crippen LogP contribution is -2.59. The predicted molar refractivity (Wildman–Crippen MR) is 66.3 cm³/mol. The third-order valence-electron chi connectivity index (χ3n) is 2.77. The molecule has 1 aromatic carbocycles. The Morgan fingerprint density at radius 2 is 2.06 bits per heavy atom. The van der Waals surface area contributed by atoms with Crippen LogP contribution in [0.15, 0.2) is 30.3 Å². The molecular weight excluding hydrogens is 254 g/mol. The summed E-state index contributed by atoms with van der Waals surface area (Å²) in [6, 6.07) is 9.29. The molecule has 0 radical (unpaired) electrons. The monoisotopic (exact) mass is 267 g/mol. The Labute approximate surface area is 107 Å². The van der Waals surface area contributed by atoms with Crippen molar-refractivity contribution in [3.05, 3.63) is 35.9 Å². The number of carboxylic acid groups (broad SMARTS) is 1. The molecule has 1 aliphatic rings. The van der Waals surface area contributed by atoms with Crippen molar-refractivity contribution in [2.24, 2.45) is 0 Å². The molecular formula is C12H13NO4S. The molecule has 2 unspecified atom stereocenters. The van der Waals surface area contributed by atoms with E-state index in [-0.39, 0.29) is 19.0 Å². The molecule has 1 fully saturated rings. The van der Waals surface area contributed by atoms with Crippen LogP contribution in [-0.4, -0.2) is 44.4 Å². The van der Waals surface area contributed by atoms with Crippen LogP contribution in [0.4, 0.5) is 0 Å². The summed E-state index contributed by atoms with van der Waals surface area (Å²) in [5.41, 5.74) is 0.917. The molecule has 1 amide bonds. The predicted octanol–water partition coefficient (Wildman–Crippen LogP) is 0.231. The van der Waals surface area contributed by atoms with Gasteiger partial charge < -0.3 is 10.0 Å². The number of aliphatic carboxylic acids is 1. The van der Waals surface area contributed by atoms with Crippen molar-refractivity contribution in [3.63, 3.8) is 0 Å². The molecule has 2 rings (SSSR count). The van der Waals surface area contributed by atoms with Gasteiger partial charge in [-0.3, -0.25) is 13.8 Å². The van der Waals surface area contributed by atoms with E-state index in [2.05, 4.69) is 0 Å². The number of hydrogen-bond acceptors (Lipinski definition) is 3. The minimum absolute atomic E-state index is 0.268. The summed E-state index contributed by atoms with van der Waals surface area (Å²) in [5, 5.41) is 8.01. The molecule has 1 heterocycles. The molecule has 6 heteroatoms. The zero-order chi connectivity index (χ0) is 13.1. The van der Waals surface area contributed by atoms with E-state index in [0.29, 0.717) is 5.75 Å². The van der Waals surface area contributed by atoms with Gasteiger partial charge in [-0.25, -0.2) is 0 Å². The van der Waals surface area contributed by atoms with Crippen molar-refractivity contribution in [3.8, 4) is 0 Å². The molecule has 0 aromatic heterocycles. The summed E-state index contributed by atoms with van der Waals surface area (Å²) in [4.78, 5) is 23.2. The van der Waals surface area contributed by atoms with E-state index in [4.69, 9.17) is 5.11 Å². The van der Waals surface area contributed by atoms with Crippen LogP contribution in [0.1, 0.15) is 5.56 Å². The van der Waals surface area contributed by atoms with Crippen LogP contribution in [0.25, 0.3) is 0 Å². The first-order valence-electron chi connectivity index (χ1n) is 5.49. The van der Waals surface area contributed by atoms with Crippen molar-refractivity contribution >= 4 is 22.7 Å². The molecule has 1 saturated heterocycles. The van der Waals surface area contributed by atoms with Gasteiger partial charge in [0.15, 0.2) is 0 Å². The fourth-order valence-electron chi connectivity index (χ4n) is 1.80. The summed E-state index contributed by atoms with van der Waals surface area (Å²) in [6.45, 7) is -0.0392. The van der Waals surface area contributed by atoms with E-state index in [1.165, 1.54) is 4.90 Å². The maximum absolute atomic E-state index is 12.0. The number of likely N-dealkylation sites (tertiary alicyclic amines) is 1. The zero-order valence-electron chi connectivity index (χ0n) is 9.61. The topological polar surface area (TPSA) is 74.7 Å². The van der Waals surface area contributed by atoms with Crippen molar-refractivity contribution in [1.82, 2.24) is 4.90 Å². The number of β-lactam (4-membered cyclic amide) rings is 1. The Morgan fingerprint density at radius 3 is 2.61 bits per heavy atom. The first-order valence-corrected chi connectivity index (χ1v) is 6.88. The molecule has 1 aromatic rings. The number of benzene rings is 1. The molecule has 18 heavy (non-hydrogen) atoms. The summed E-state index contributed by atoms with van der Waals surface area (Å²) in [7, 11) is -1.28. The number of carboxylic acids is 1. The number of amides is 1. The summed E-state index contributed by atoms with van der Waals surface area (Å²) in [6.07, 6.45) is 0. The Kier molecular flexibility index (Phi) is 3.76. The lowest BCUT2D eigenvalue weighted by Gasteiger charge is -2.36. The molecule has 2 atom stereocenters. The second-order valence-electron chi connectivity index (χ2n) is 4.11. The van der Waals surface area contributed by atoms with Gasteiger partial charge in [0.05, 0.1) is 0 Å². The van der Waals surface area contributed by atoms with Gasteiger partial charge in [0.2, 0.25) is 5.91 Å². The first kappa shape index (κ1) is 12.8. The fraction of sp³-hybridized carbons (Fsp3) is 0.333. The van der Waals surface area contributed by atoms with E-state index in [1.807, 2.05) is 30.3 Å². The highest BCUT2D eigenvalue weighted by Gasteiger charge is 2.41. The minimum atomic E-state index is -1.28. The number of carbonyl (C=O) groups excluding carboxylic acids is 1. The quantitative estimate of drug-likeness (QED) is 0.775. The molecule has 0 saturated carbocycles. The van der Waals surface area contributed by atoms with Gasteiger partial charge in [-0.15, -0.1) is 0 Å². The third-order valence-corrected chi connectivity index (χ3v) is 4.37. The zero-order valence-corrected chi connectivity index (χ0v) is 10.4. The summed E-state index contributed by atoms with van der Waals surface area (Å²) in [5.74, 6) is -1.04. The van der Waals surface area contributed by atoms with E-state index in [1.54, 1.807) is 0 Å². The number of hydrogen-bond donors (Lipinski definition) is 1.